The fraction of sp³-hybridized carbons (Fsp3) is 0.579. The summed E-state index contributed by atoms with van der Waals surface area (Å²) < 4.78 is 22.9. The Labute approximate surface area is 174 Å². The minimum Gasteiger partial charge on any atom is -0.397 e. The molecule has 1 aliphatic heterocycles. The number of piperazine rings is 1. The summed E-state index contributed by atoms with van der Waals surface area (Å²) in [6, 6.07) is 0. The highest BCUT2D eigenvalue weighted by Gasteiger charge is 2.28. The number of primary amides is 1. The third-order valence-corrected chi connectivity index (χ3v) is 7.89. The van der Waals surface area contributed by atoms with Crippen LogP contribution in [0.3, 0.4) is 0 Å². The van der Waals surface area contributed by atoms with Crippen LogP contribution < -0.4 is 16.4 Å². The number of nitrogens with two attached hydrogens (primary N) is 2. The fourth-order valence-electron chi connectivity index (χ4n) is 4.32. The summed E-state index contributed by atoms with van der Waals surface area (Å²) in [5, 5.41) is 0.911. The van der Waals surface area contributed by atoms with Gasteiger partial charge in [-0.25, -0.2) is 13.4 Å². The lowest BCUT2D eigenvalue weighted by molar-refractivity contribution is 0.100. The van der Waals surface area contributed by atoms with Gasteiger partial charge < -0.3 is 16.4 Å². The number of aryl methyl sites for hydroxylation is 1. The number of anilines is 2. The lowest BCUT2D eigenvalue weighted by atomic mass is 9.89. The van der Waals surface area contributed by atoms with Crippen LogP contribution in [0.4, 0.5) is 11.5 Å². The van der Waals surface area contributed by atoms with Crippen molar-refractivity contribution in [2.45, 2.75) is 25.7 Å². The van der Waals surface area contributed by atoms with E-state index in [1.54, 1.807) is 0 Å². The van der Waals surface area contributed by atoms with Gasteiger partial charge in [-0.1, -0.05) is 0 Å². The molecule has 1 aliphatic carbocycles. The molecule has 0 radical (unpaired) electrons. The SMILES string of the molecule is CS(=O)(=O)CCN1CCN(c2nc3sc(C(N)=O)c(N)c3c3c2CCCC3)CC1. The number of fused-ring (bicyclic) bond motifs is 3. The van der Waals surface area contributed by atoms with E-state index in [9.17, 15) is 13.2 Å². The van der Waals surface area contributed by atoms with Crippen LogP contribution in [0.2, 0.25) is 0 Å². The molecule has 3 heterocycles. The number of carbonyl (C=O) groups is 1. The van der Waals surface area contributed by atoms with E-state index in [4.69, 9.17) is 16.5 Å². The maximum Gasteiger partial charge on any atom is 0.260 e. The zero-order valence-corrected chi connectivity index (χ0v) is 18.2. The third kappa shape index (κ3) is 4.06. The van der Waals surface area contributed by atoms with Crippen LogP contribution in [0.25, 0.3) is 10.2 Å². The molecule has 1 amide bonds. The molecule has 0 unspecified atom stereocenters. The summed E-state index contributed by atoms with van der Waals surface area (Å²) in [6.07, 6.45) is 5.40. The number of rotatable bonds is 5. The number of thiophene rings is 1. The largest absolute Gasteiger partial charge is 0.397 e. The average molecular weight is 438 g/mol. The predicted molar refractivity (Wildman–Crippen MR) is 118 cm³/mol. The molecule has 0 spiro atoms. The van der Waals surface area contributed by atoms with Crippen molar-refractivity contribution >= 4 is 48.8 Å². The van der Waals surface area contributed by atoms with E-state index in [1.807, 2.05) is 0 Å². The van der Waals surface area contributed by atoms with Gasteiger partial charge >= 0.3 is 0 Å². The number of nitrogen functional groups attached to an aromatic ring is 1. The Balaban J connectivity index is 1.64. The fourth-order valence-corrected chi connectivity index (χ4v) is 5.88. The number of hydrogen-bond donors (Lipinski definition) is 2. The van der Waals surface area contributed by atoms with Gasteiger partial charge in [-0.3, -0.25) is 9.69 Å². The van der Waals surface area contributed by atoms with Crippen molar-refractivity contribution < 1.29 is 13.2 Å². The molecule has 1 fully saturated rings. The molecule has 0 atom stereocenters. The van der Waals surface area contributed by atoms with Crippen molar-refractivity contribution in [3.8, 4) is 0 Å². The molecule has 0 bridgehead atoms. The van der Waals surface area contributed by atoms with Crippen LogP contribution in [-0.4, -0.2) is 68.9 Å². The average Bonchev–Trinajstić information content (AvgIpc) is 3.03. The number of hydrogen-bond acceptors (Lipinski definition) is 8. The molecule has 0 saturated carbocycles. The summed E-state index contributed by atoms with van der Waals surface area (Å²) in [5.41, 5.74) is 14.7. The molecule has 29 heavy (non-hydrogen) atoms. The van der Waals surface area contributed by atoms with Crippen molar-refractivity contribution in [3.05, 3.63) is 16.0 Å². The van der Waals surface area contributed by atoms with E-state index in [1.165, 1.54) is 28.7 Å². The molecule has 4 rings (SSSR count). The van der Waals surface area contributed by atoms with Gasteiger partial charge in [0.15, 0.2) is 0 Å². The second-order valence-corrected chi connectivity index (χ2v) is 11.2. The molecule has 158 valence electrons. The number of pyridine rings is 1. The Kier molecular flexibility index (Phi) is 5.43. The lowest BCUT2D eigenvalue weighted by Crippen LogP contribution is -2.48. The van der Waals surface area contributed by atoms with Crippen LogP contribution in [0.5, 0.6) is 0 Å². The quantitative estimate of drug-likeness (QED) is 0.716. The molecule has 4 N–H and O–H groups in total. The van der Waals surface area contributed by atoms with E-state index in [2.05, 4.69) is 9.80 Å². The Morgan fingerprint density at radius 3 is 2.41 bits per heavy atom. The van der Waals surface area contributed by atoms with Crippen LogP contribution in [-0.2, 0) is 22.7 Å². The van der Waals surface area contributed by atoms with Gasteiger partial charge in [0.25, 0.3) is 5.91 Å². The first-order valence-corrected chi connectivity index (χ1v) is 12.8. The standard InChI is InChI=1S/C19H27N5O3S2/c1-29(26,27)11-10-23-6-8-24(9-7-23)18-13-5-3-2-4-12(13)14-15(20)16(17(21)25)28-19(14)22-18/h2-11,20H2,1H3,(H2,21,25). The number of aromatic nitrogens is 1. The highest BCUT2D eigenvalue weighted by molar-refractivity contribution is 7.90. The van der Waals surface area contributed by atoms with Crippen molar-refractivity contribution in [2.75, 3.05) is 55.4 Å². The van der Waals surface area contributed by atoms with Gasteiger partial charge in [-0.2, -0.15) is 0 Å². The van der Waals surface area contributed by atoms with Crippen molar-refractivity contribution in [1.82, 2.24) is 9.88 Å². The summed E-state index contributed by atoms with van der Waals surface area (Å²) in [4.78, 5) is 22.4. The van der Waals surface area contributed by atoms with E-state index in [0.29, 0.717) is 17.1 Å². The van der Waals surface area contributed by atoms with Gasteiger partial charge in [-0.15, -0.1) is 11.3 Å². The molecule has 2 aliphatic rings. The topological polar surface area (TPSA) is 123 Å². The first-order chi connectivity index (χ1) is 13.7. The molecule has 2 aromatic rings. The van der Waals surface area contributed by atoms with E-state index in [-0.39, 0.29) is 5.75 Å². The Bertz CT molecular complexity index is 1060. The van der Waals surface area contributed by atoms with E-state index < -0.39 is 15.7 Å². The van der Waals surface area contributed by atoms with Gasteiger partial charge in [0.2, 0.25) is 0 Å². The second-order valence-electron chi connectivity index (χ2n) is 7.95. The zero-order chi connectivity index (χ0) is 20.8. The maximum atomic E-state index is 11.8. The maximum absolute atomic E-state index is 11.8. The van der Waals surface area contributed by atoms with Crippen LogP contribution in [0.15, 0.2) is 0 Å². The molecule has 0 aromatic carbocycles. The molecule has 1 saturated heterocycles. The van der Waals surface area contributed by atoms with Gasteiger partial charge in [-0.05, 0) is 36.8 Å². The van der Waals surface area contributed by atoms with E-state index >= 15 is 0 Å². The minimum absolute atomic E-state index is 0.191. The molecule has 8 nitrogen and oxygen atoms in total. The third-order valence-electron chi connectivity index (χ3n) is 5.85. The van der Waals surface area contributed by atoms with Crippen molar-refractivity contribution in [3.63, 3.8) is 0 Å². The molecular formula is C19H27N5O3S2. The predicted octanol–water partition coefficient (Wildman–Crippen LogP) is 1.02. The van der Waals surface area contributed by atoms with Crippen molar-refractivity contribution in [2.24, 2.45) is 5.73 Å². The Hall–Kier alpha value is -1.91. The van der Waals surface area contributed by atoms with Crippen LogP contribution in [0, 0.1) is 0 Å². The second kappa shape index (κ2) is 7.73. The Morgan fingerprint density at radius 2 is 1.79 bits per heavy atom. The Morgan fingerprint density at radius 1 is 1.14 bits per heavy atom. The normalized spacial score (nSPS) is 18.2. The van der Waals surface area contributed by atoms with Gasteiger partial charge in [0.05, 0.1) is 11.4 Å². The molecular weight excluding hydrogens is 410 g/mol. The van der Waals surface area contributed by atoms with Crippen molar-refractivity contribution in [1.29, 1.82) is 0 Å². The summed E-state index contributed by atoms with van der Waals surface area (Å²) >= 11 is 1.28. The minimum atomic E-state index is -2.95. The summed E-state index contributed by atoms with van der Waals surface area (Å²) in [5.74, 6) is 0.681. The number of sulfone groups is 1. The van der Waals surface area contributed by atoms with Gasteiger partial charge in [0.1, 0.15) is 25.4 Å². The number of carbonyl (C=O) groups excluding carboxylic acids is 1. The molecule has 10 heteroatoms. The highest BCUT2D eigenvalue weighted by Crippen LogP contribution is 2.42. The highest BCUT2D eigenvalue weighted by atomic mass is 32.2. The van der Waals surface area contributed by atoms with Crippen LogP contribution >= 0.6 is 11.3 Å². The summed E-state index contributed by atoms with van der Waals surface area (Å²) in [6.45, 7) is 3.80. The van der Waals surface area contributed by atoms with Crippen LogP contribution in [0.1, 0.15) is 33.6 Å². The monoisotopic (exact) mass is 437 g/mol. The molecule has 2 aromatic heterocycles. The first kappa shape index (κ1) is 20.4. The number of nitrogens with zero attached hydrogens (tertiary/aromatic N) is 3. The van der Waals surface area contributed by atoms with E-state index in [0.717, 1.165) is 67.9 Å². The zero-order valence-electron chi connectivity index (χ0n) is 16.6. The van der Waals surface area contributed by atoms with Gasteiger partial charge in [0, 0.05) is 44.4 Å². The summed E-state index contributed by atoms with van der Waals surface area (Å²) in [7, 11) is -2.95. The lowest BCUT2D eigenvalue weighted by Gasteiger charge is -2.37. The first-order valence-electron chi connectivity index (χ1n) is 9.93. The number of amides is 1. The smallest absolute Gasteiger partial charge is 0.260 e.